The molecule has 21 heavy (non-hydrogen) atoms. The van der Waals surface area contributed by atoms with Gasteiger partial charge in [0.25, 0.3) is 5.91 Å². The maximum absolute atomic E-state index is 12.0. The number of hydrogen-bond acceptors (Lipinski definition) is 4. The Bertz CT molecular complexity index is 594. The van der Waals surface area contributed by atoms with Gasteiger partial charge in [-0.25, -0.2) is 0 Å². The molecular weight excluding hydrogens is 266 g/mol. The van der Waals surface area contributed by atoms with Gasteiger partial charge in [0, 0.05) is 18.8 Å². The van der Waals surface area contributed by atoms with Crippen LogP contribution in [0.3, 0.4) is 0 Å². The van der Waals surface area contributed by atoms with Crippen molar-refractivity contribution in [2.24, 2.45) is 11.5 Å². The van der Waals surface area contributed by atoms with E-state index < -0.39 is 12.0 Å². The highest BCUT2D eigenvalue weighted by molar-refractivity contribution is 5.94. The number of nitrogens with two attached hydrogens (primary N) is 2. The van der Waals surface area contributed by atoms with Crippen molar-refractivity contribution in [3.63, 3.8) is 0 Å². The highest BCUT2D eigenvalue weighted by Crippen LogP contribution is 2.17. The van der Waals surface area contributed by atoms with Crippen molar-refractivity contribution in [3.05, 3.63) is 65.2 Å². The van der Waals surface area contributed by atoms with Crippen LogP contribution in [0.25, 0.3) is 0 Å². The second-order valence-electron chi connectivity index (χ2n) is 4.74. The van der Waals surface area contributed by atoms with Crippen LogP contribution in [0, 0.1) is 0 Å². The lowest BCUT2D eigenvalue weighted by Crippen LogP contribution is -2.20. The molecule has 2 aromatic rings. The molecule has 0 bridgehead atoms. The summed E-state index contributed by atoms with van der Waals surface area (Å²) in [4.78, 5) is 12.0. The highest BCUT2D eigenvalue weighted by atomic mass is 16.3. The van der Waals surface area contributed by atoms with Gasteiger partial charge in [0.1, 0.15) is 0 Å². The van der Waals surface area contributed by atoms with Crippen LogP contribution in [0.1, 0.15) is 22.8 Å². The van der Waals surface area contributed by atoms with Gasteiger partial charge in [-0.05, 0) is 28.8 Å². The van der Waals surface area contributed by atoms with Crippen LogP contribution in [-0.2, 0) is 17.9 Å². The predicted octanol–water partition coefficient (Wildman–Crippen LogP) is 1.28. The molecule has 1 amide bonds. The van der Waals surface area contributed by atoms with E-state index in [0.717, 1.165) is 11.1 Å². The summed E-state index contributed by atoms with van der Waals surface area (Å²) in [6.07, 6.45) is -1.22. The average Bonchev–Trinajstić information content (AvgIpc) is 2.55. The Balaban J connectivity index is 2.03. The van der Waals surface area contributed by atoms with Crippen molar-refractivity contribution >= 4 is 11.6 Å². The first-order valence-corrected chi connectivity index (χ1v) is 6.71. The summed E-state index contributed by atoms with van der Waals surface area (Å²) in [7, 11) is 0. The third-order valence-electron chi connectivity index (χ3n) is 3.24. The van der Waals surface area contributed by atoms with E-state index in [4.69, 9.17) is 11.5 Å². The van der Waals surface area contributed by atoms with Crippen molar-refractivity contribution in [2.75, 3.05) is 5.32 Å². The fourth-order valence-corrected chi connectivity index (χ4v) is 1.92. The lowest BCUT2D eigenvalue weighted by molar-refractivity contribution is -0.124. The van der Waals surface area contributed by atoms with Crippen molar-refractivity contribution < 1.29 is 9.90 Å². The van der Waals surface area contributed by atoms with Crippen molar-refractivity contribution in [3.8, 4) is 0 Å². The fraction of sp³-hybridized carbons (Fsp3) is 0.188. The molecule has 0 saturated heterocycles. The molecule has 0 fully saturated rings. The third kappa shape index (κ3) is 3.88. The first-order valence-electron chi connectivity index (χ1n) is 6.71. The number of aliphatic hydroxyl groups excluding tert-OH is 1. The Morgan fingerprint density at radius 2 is 1.43 bits per heavy atom. The largest absolute Gasteiger partial charge is 0.378 e. The fourth-order valence-electron chi connectivity index (χ4n) is 1.92. The zero-order valence-corrected chi connectivity index (χ0v) is 11.6. The summed E-state index contributed by atoms with van der Waals surface area (Å²) < 4.78 is 0. The lowest BCUT2D eigenvalue weighted by atomic mass is 10.1. The van der Waals surface area contributed by atoms with E-state index in [0.29, 0.717) is 24.3 Å². The van der Waals surface area contributed by atoms with E-state index >= 15 is 0 Å². The second-order valence-corrected chi connectivity index (χ2v) is 4.74. The number of aliphatic hydroxyl groups is 1. The predicted molar refractivity (Wildman–Crippen MR) is 82.3 cm³/mol. The van der Waals surface area contributed by atoms with E-state index in [2.05, 4.69) is 5.32 Å². The normalized spacial score (nSPS) is 12.0. The van der Waals surface area contributed by atoms with E-state index in [1.807, 2.05) is 12.1 Å². The number of rotatable bonds is 5. The third-order valence-corrected chi connectivity index (χ3v) is 3.24. The van der Waals surface area contributed by atoms with E-state index in [9.17, 15) is 9.90 Å². The molecule has 0 heterocycles. The maximum Gasteiger partial charge on any atom is 0.257 e. The number of hydrogen-bond donors (Lipinski definition) is 4. The molecule has 5 nitrogen and oxygen atoms in total. The van der Waals surface area contributed by atoms with Gasteiger partial charge in [0.2, 0.25) is 0 Å². The molecule has 5 heteroatoms. The van der Waals surface area contributed by atoms with Crippen LogP contribution in [0.2, 0.25) is 0 Å². The maximum atomic E-state index is 12.0. The first kappa shape index (κ1) is 15.2. The van der Waals surface area contributed by atoms with Crippen LogP contribution in [0.15, 0.2) is 48.5 Å². The molecule has 0 aromatic heterocycles. The number of carbonyl (C=O) groups excluding carboxylic acids is 1. The average molecular weight is 285 g/mol. The zero-order chi connectivity index (χ0) is 15.2. The summed E-state index contributed by atoms with van der Waals surface area (Å²) in [5.41, 5.74) is 14.1. The Morgan fingerprint density at radius 3 is 1.90 bits per heavy atom. The Hall–Kier alpha value is -2.21. The van der Waals surface area contributed by atoms with Gasteiger partial charge in [-0.15, -0.1) is 0 Å². The molecule has 0 radical (unpaired) electrons. The van der Waals surface area contributed by atoms with Gasteiger partial charge in [-0.2, -0.15) is 0 Å². The van der Waals surface area contributed by atoms with Gasteiger partial charge in [-0.3, -0.25) is 4.79 Å². The van der Waals surface area contributed by atoms with Gasteiger partial charge < -0.3 is 21.9 Å². The summed E-state index contributed by atoms with van der Waals surface area (Å²) in [5.74, 6) is -0.476. The molecule has 0 aliphatic heterocycles. The molecule has 0 aliphatic rings. The van der Waals surface area contributed by atoms with Crippen LogP contribution in [0.4, 0.5) is 5.69 Å². The number of carbonyl (C=O) groups is 1. The van der Waals surface area contributed by atoms with Gasteiger partial charge in [0.05, 0.1) is 0 Å². The van der Waals surface area contributed by atoms with E-state index in [1.54, 1.807) is 36.4 Å². The monoisotopic (exact) mass is 285 g/mol. The molecule has 0 aliphatic carbocycles. The van der Waals surface area contributed by atoms with Crippen LogP contribution in [0.5, 0.6) is 0 Å². The number of benzene rings is 2. The summed E-state index contributed by atoms with van der Waals surface area (Å²) >= 11 is 0. The standard InChI is InChI=1S/C16H19N3O2/c17-9-11-1-5-13(6-2-11)15(20)16(21)19-14-7-3-12(10-18)4-8-14/h1-8,15,20H,9-10,17-18H2,(H,19,21). The van der Waals surface area contributed by atoms with Crippen LogP contribution >= 0.6 is 0 Å². The first-order chi connectivity index (χ1) is 10.1. The van der Waals surface area contributed by atoms with Gasteiger partial charge >= 0.3 is 0 Å². The quantitative estimate of drug-likeness (QED) is 0.664. The molecule has 6 N–H and O–H groups in total. The second kappa shape index (κ2) is 6.99. The number of amides is 1. The Kier molecular flexibility index (Phi) is 5.05. The van der Waals surface area contributed by atoms with Gasteiger partial charge in [-0.1, -0.05) is 36.4 Å². The molecule has 1 unspecified atom stereocenters. The van der Waals surface area contributed by atoms with Gasteiger partial charge in [0.15, 0.2) is 6.10 Å². The van der Waals surface area contributed by atoms with Crippen molar-refractivity contribution in [2.45, 2.75) is 19.2 Å². The minimum Gasteiger partial charge on any atom is -0.378 e. The minimum atomic E-state index is -1.22. The smallest absolute Gasteiger partial charge is 0.257 e. The van der Waals surface area contributed by atoms with Crippen LogP contribution in [-0.4, -0.2) is 11.0 Å². The summed E-state index contributed by atoms with van der Waals surface area (Å²) in [6, 6.07) is 14.2. The molecular formula is C16H19N3O2. The SMILES string of the molecule is NCc1ccc(NC(=O)C(O)c2ccc(CN)cc2)cc1. The van der Waals surface area contributed by atoms with Crippen molar-refractivity contribution in [1.29, 1.82) is 0 Å². The van der Waals surface area contributed by atoms with E-state index in [1.165, 1.54) is 0 Å². The molecule has 2 aromatic carbocycles. The lowest BCUT2D eigenvalue weighted by Gasteiger charge is -2.12. The summed E-state index contributed by atoms with van der Waals surface area (Å²) in [5, 5.41) is 12.7. The van der Waals surface area contributed by atoms with E-state index in [-0.39, 0.29) is 0 Å². The molecule has 2 rings (SSSR count). The summed E-state index contributed by atoms with van der Waals surface area (Å²) in [6.45, 7) is 0.875. The molecule has 0 spiro atoms. The Morgan fingerprint density at radius 1 is 0.952 bits per heavy atom. The number of anilines is 1. The number of nitrogens with one attached hydrogen (secondary N) is 1. The minimum absolute atomic E-state index is 0.427. The molecule has 110 valence electrons. The topological polar surface area (TPSA) is 101 Å². The van der Waals surface area contributed by atoms with Crippen LogP contribution < -0.4 is 16.8 Å². The Labute approximate surface area is 123 Å². The highest BCUT2D eigenvalue weighted by Gasteiger charge is 2.17. The molecule has 0 saturated carbocycles. The van der Waals surface area contributed by atoms with Crippen molar-refractivity contribution in [1.82, 2.24) is 0 Å². The zero-order valence-electron chi connectivity index (χ0n) is 11.6. The molecule has 1 atom stereocenters.